The fraction of sp³-hybridized carbons (Fsp3) is 0.400. The number of benzene rings is 2. The first kappa shape index (κ1) is 28.4. The Labute approximate surface area is 237 Å². The van der Waals surface area contributed by atoms with E-state index in [0.29, 0.717) is 29.3 Å². The number of aromatic amines is 1. The van der Waals surface area contributed by atoms with Crippen LogP contribution in [0.1, 0.15) is 59.9 Å². The number of aliphatic hydroxyl groups excluding tert-OH is 1. The largest absolute Gasteiger partial charge is 0.445 e. The van der Waals surface area contributed by atoms with E-state index in [1.807, 2.05) is 6.07 Å². The van der Waals surface area contributed by atoms with E-state index in [4.69, 9.17) is 4.42 Å². The number of aryl methyl sites for hydroxylation is 1. The maximum absolute atomic E-state index is 14.0. The number of H-pyrrole nitrogens is 1. The summed E-state index contributed by atoms with van der Waals surface area (Å²) in [5.41, 5.74) is 3.53. The summed E-state index contributed by atoms with van der Waals surface area (Å²) in [5, 5.41) is 20.7. The number of halogens is 2. The minimum absolute atomic E-state index is 0.0259. The Morgan fingerprint density at radius 1 is 1.20 bits per heavy atom. The van der Waals surface area contributed by atoms with Crippen molar-refractivity contribution >= 4 is 11.6 Å². The molecule has 0 spiro atoms. The van der Waals surface area contributed by atoms with E-state index in [1.165, 1.54) is 24.7 Å². The Balaban J connectivity index is 1.45. The SMILES string of the molecule is CCCCN1CCCc2c(-c3ncco3)cc(C(=O)NC(Cc3cc(F)cc(F)c3)C(O)CCc3ncn[nH]3)cc21. The second kappa shape index (κ2) is 13.0. The van der Waals surface area contributed by atoms with Crippen LogP contribution in [0.3, 0.4) is 0 Å². The number of unbranched alkanes of at least 4 members (excludes halogenated alkanes) is 1. The second-order valence-electron chi connectivity index (χ2n) is 10.4. The molecule has 1 aliphatic rings. The summed E-state index contributed by atoms with van der Waals surface area (Å²) in [6.45, 7) is 3.90. The van der Waals surface area contributed by atoms with Crippen molar-refractivity contribution in [2.75, 3.05) is 18.0 Å². The lowest BCUT2D eigenvalue weighted by atomic mass is 9.92. The lowest BCUT2D eigenvalue weighted by Crippen LogP contribution is -2.45. The first-order valence-corrected chi connectivity index (χ1v) is 14.0. The number of oxazole rings is 1. The average molecular weight is 565 g/mol. The molecule has 0 saturated heterocycles. The molecule has 2 unspecified atom stereocenters. The molecule has 9 nitrogen and oxygen atoms in total. The molecule has 1 amide bonds. The smallest absolute Gasteiger partial charge is 0.251 e. The number of carbonyl (C=O) groups is 1. The van der Waals surface area contributed by atoms with Crippen molar-refractivity contribution in [2.45, 2.75) is 64.0 Å². The van der Waals surface area contributed by atoms with Crippen molar-refractivity contribution in [1.29, 1.82) is 0 Å². The third kappa shape index (κ3) is 6.97. The third-order valence-electron chi connectivity index (χ3n) is 7.43. The molecule has 3 N–H and O–H groups in total. The van der Waals surface area contributed by atoms with Gasteiger partial charge >= 0.3 is 0 Å². The zero-order valence-electron chi connectivity index (χ0n) is 22.9. The van der Waals surface area contributed by atoms with Gasteiger partial charge in [-0.05, 0) is 67.5 Å². The summed E-state index contributed by atoms with van der Waals surface area (Å²) in [4.78, 5) is 24.5. The Kier molecular flexibility index (Phi) is 9.03. The number of hydrogen-bond donors (Lipinski definition) is 3. The normalized spacial score (nSPS) is 14.5. The highest BCUT2D eigenvalue weighted by molar-refractivity contribution is 5.97. The van der Waals surface area contributed by atoms with E-state index in [0.717, 1.165) is 61.7 Å². The first-order valence-electron chi connectivity index (χ1n) is 14.0. The highest BCUT2D eigenvalue weighted by Gasteiger charge is 2.27. The van der Waals surface area contributed by atoms with Crippen molar-refractivity contribution in [3.05, 3.63) is 83.3 Å². The summed E-state index contributed by atoms with van der Waals surface area (Å²) in [5.74, 6) is -0.838. The fourth-order valence-corrected chi connectivity index (χ4v) is 5.38. The van der Waals surface area contributed by atoms with E-state index >= 15 is 0 Å². The highest BCUT2D eigenvalue weighted by atomic mass is 19.1. The zero-order chi connectivity index (χ0) is 28.8. The van der Waals surface area contributed by atoms with E-state index in [9.17, 15) is 18.7 Å². The van der Waals surface area contributed by atoms with Crippen LogP contribution in [-0.4, -0.2) is 56.4 Å². The van der Waals surface area contributed by atoms with Crippen LogP contribution < -0.4 is 10.2 Å². The van der Waals surface area contributed by atoms with Gasteiger partial charge in [0.15, 0.2) is 0 Å². The number of carbonyl (C=O) groups excluding carboxylic acids is 1. The summed E-state index contributed by atoms with van der Waals surface area (Å²) in [6, 6.07) is 6.02. The van der Waals surface area contributed by atoms with Crippen LogP contribution >= 0.6 is 0 Å². The Bertz CT molecular complexity index is 1420. The molecule has 216 valence electrons. The number of aliphatic hydroxyl groups is 1. The summed E-state index contributed by atoms with van der Waals surface area (Å²) in [7, 11) is 0. The van der Waals surface area contributed by atoms with Gasteiger partial charge in [-0.3, -0.25) is 9.89 Å². The van der Waals surface area contributed by atoms with Gasteiger partial charge in [0.1, 0.15) is 30.0 Å². The lowest BCUT2D eigenvalue weighted by Gasteiger charge is -2.33. The molecular formula is C30H34F2N6O3. The Hall–Kier alpha value is -4.12. The standard InChI is InChI=1S/C30H34F2N6O3/c1-2-3-9-38-10-4-5-23-24(30-33-8-11-41-30)15-20(16-26(23)38)29(40)36-25(14-19-12-21(31)17-22(32)13-19)27(39)6-7-28-34-18-35-37-28/h8,11-13,15-18,25,27,39H,2-7,9-10,14H2,1H3,(H,36,40)(H,34,35,37). The number of amides is 1. The molecule has 2 aromatic carbocycles. The highest BCUT2D eigenvalue weighted by Crippen LogP contribution is 2.36. The summed E-state index contributed by atoms with van der Waals surface area (Å²) in [6.07, 6.45) is 7.97. The molecule has 2 atom stereocenters. The third-order valence-corrected chi connectivity index (χ3v) is 7.43. The van der Waals surface area contributed by atoms with Crippen LogP contribution in [0.25, 0.3) is 11.5 Å². The molecule has 41 heavy (non-hydrogen) atoms. The van der Waals surface area contributed by atoms with Crippen molar-refractivity contribution in [1.82, 2.24) is 25.5 Å². The van der Waals surface area contributed by atoms with Gasteiger partial charge in [-0.15, -0.1) is 0 Å². The molecule has 0 radical (unpaired) electrons. The molecule has 0 aliphatic carbocycles. The van der Waals surface area contributed by atoms with Gasteiger partial charge in [0.2, 0.25) is 5.89 Å². The number of hydrogen-bond acceptors (Lipinski definition) is 7. The van der Waals surface area contributed by atoms with Crippen LogP contribution in [-0.2, 0) is 19.3 Å². The van der Waals surface area contributed by atoms with Gasteiger partial charge in [-0.1, -0.05) is 13.3 Å². The molecule has 0 fully saturated rings. The van der Waals surface area contributed by atoms with Crippen molar-refractivity contribution in [3.63, 3.8) is 0 Å². The van der Waals surface area contributed by atoms with Crippen LogP contribution in [0.15, 0.2) is 53.5 Å². The van der Waals surface area contributed by atoms with Gasteiger partial charge in [0.25, 0.3) is 5.91 Å². The van der Waals surface area contributed by atoms with Gasteiger partial charge in [0.05, 0.1) is 18.3 Å². The number of fused-ring (bicyclic) bond motifs is 1. The molecule has 2 aromatic heterocycles. The Morgan fingerprint density at radius 3 is 2.73 bits per heavy atom. The quantitative estimate of drug-likeness (QED) is 0.230. The van der Waals surface area contributed by atoms with Gasteiger partial charge in [-0.25, -0.2) is 18.7 Å². The molecular weight excluding hydrogens is 530 g/mol. The second-order valence-corrected chi connectivity index (χ2v) is 10.4. The molecule has 3 heterocycles. The van der Waals surface area contributed by atoms with Gasteiger partial charge in [-0.2, -0.15) is 5.10 Å². The molecule has 0 bridgehead atoms. The maximum Gasteiger partial charge on any atom is 0.251 e. The van der Waals surface area contributed by atoms with Gasteiger partial charge in [0, 0.05) is 42.4 Å². The fourth-order valence-electron chi connectivity index (χ4n) is 5.38. The predicted molar refractivity (Wildman–Crippen MR) is 149 cm³/mol. The van der Waals surface area contributed by atoms with Crippen molar-refractivity contribution in [3.8, 4) is 11.5 Å². The topological polar surface area (TPSA) is 120 Å². The maximum atomic E-state index is 14.0. The molecule has 1 aliphatic heterocycles. The van der Waals surface area contributed by atoms with E-state index in [2.05, 4.69) is 37.3 Å². The number of rotatable bonds is 12. The molecule has 5 rings (SSSR count). The van der Waals surface area contributed by atoms with Crippen LogP contribution in [0, 0.1) is 11.6 Å². The Morgan fingerprint density at radius 2 is 2.02 bits per heavy atom. The molecule has 11 heteroatoms. The lowest BCUT2D eigenvalue weighted by molar-refractivity contribution is 0.0814. The molecule has 0 saturated carbocycles. The van der Waals surface area contributed by atoms with E-state index in [-0.39, 0.29) is 12.8 Å². The minimum Gasteiger partial charge on any atom is -0.445 e. The summed E-state index contributed by atoms with van der Waals surface area (Å²) >= 11 is 0. The first-order chi connectivity index (χ1) is 19.9. The predicted octanol–water partition coefficient (Wildman–Crippen LogP) is 4.63. The monoisotopic (exact) mass is 564 g/mol. The van der Waals surface area contributed by atoms with Crippen molar-refractivity contribution in [2.24, 2.45) is 0 Å². The van der Waals surface area contributed by atoms with Crippen LogP contribution in [0.2, 0.25) is 0 Å². The number of anilines is 1. The van der Waals surface area contributed by atoms with Crippen LogP contribution in [0.4, 0.5) is 14.5 Å². The van der Waals surface area contributed by atoms with Crippen LogP contribution in [0.5, 0.6) is 0 Å². The number of nitrogens with zero attached hydrogens (tertiary/aromatic N) is 4. The van der Waals surface area contributed by atoms with E-state index in [1.54, 1.807) is 12.3 Å². The number of nitrogens with one attached hydrogen (secondary N) is 2. The summed E-state index contributed by atoms with van der Waals surface area (Å²) < 4.78 is 33.6. The van der Waals surface area contributed by atoms with Gasteiger partial charge < -0.3 is 19.7 Å². The zero-order valence-corrected chi connectivity index (χ0v) is 22.9. The van der Waals surface area contributed by atoms with E-state index < -0.39 is 29.7 Å². The molecule has 4 aromatic rings. The van der Waals surface area contributed by atoms with Crippen molar-refractivity contribution < 1.29 is 23.1 Å². The average Bonchev–Trinajstić information content (AvgIpc) is 3.68. The minimum atomic E-state index is -1.03. The number of aromatic nitrogens is 4.